The Morgan fingerprint density at radius 1 is 0.763 bits per heavy atom. The predicted octanol–water partition coefficient (Wildman–Crippen LogP) is 5.68. The molecular weight excluding hydrogens is 468 g/mol. The summed E-state index contributed by atoms with van der Waals surface area (Å²) >= 11 is 0. The van der Waals surface area contributed by atoms with Gasteiger partial charge in [0.2, 0.25) is 0 Å². The minimum absolute atomic E-state index is 0.165. The van der Waals surface area contributed by atoms with Gasteiger partial charge in [-0.1, -0.05) is 116 Å². The SMILES string of the molecule is C=C(c1cccc(CN(C)C(=O)C(N=CN)(c2ccccc2)c2ccccc2)c1)N(C)Cc1ccccc1. The van der Waals surface area contributed by atoms with Crippen LogP contribution in [-0.4, -0.2) is 36.1 Å². The molecule has 1 amide bonds. The van der Waals surface area contributed by atoms with Gasteiger partial charge in [0.25, 0.3) is 5.91 Å². The van der Waals surface area contributed by atoms with Crippen LogP contribution in [0.15, 0.2) is 127 Å². The molecule has 0 atom stereocenters. The lowest BCUT2D eigenvalue weighted by molar-refractivity contribution is -0.134. The van der Waals surface area contributed by atoms with Crippen LogP contribution in [0.2, 0.25) is 0 Å². The van der Waals surface area contributed by atoms with Gasteiger partial charge < -0.3 is 15.5 Å². The minimum Gasteiger partial charge on any atom is -0.390 e. The summed E-state index contributed by atoms with van der Waals surface area (Å²) in [5.41, 5.74) is 10.2. The molecule has 5 nitrogen and oxygen atoms in total. The van der Waals surface area contributed by atoms with Gasteiger partial charge in [-0.05, 0) is 33.9 Å². The largest absolute Gasteiger partial charge is 0.390 e. The predicted molar refractivity (Wildman–Crippen MR) is 156 cm³/mol. The van der Waals surface area contributed by atoms with E-state index in [4.69, 9.17) is 5.73 Å². The zero-order chi connectivity index (χ0) is 27.0. The van der Waals surface area contributed by atoms with Crippen LogP contribution in [-0.2, 0) is 23.4 Å². The molecule has 0 aromatic heterocycles. The van der Waals surface area contributed by atoms with E-state index in [0.717, 1.165) is 34.5 Å². The Balaban J connectivity index is 1.60. The van der Waals surface area contributed by atoms with E-state index >= 15 is 0 Å². The van der Waals surface area contributed by atoms with Crippen molar-refractivity contribution in [1.29, 1.82) is 0 Å². The molecule has 192 valence electrons. The maximum atomic E-state index is 14.2. The second kappa shape index (κ2) is 12.1. The van der Waals surface area contributed by atoms with Crippen LogP contribution in [0.3, 0.4) is 0 Å². The highest BCUT2D eigenvalue weighted by molar-refractivity contribution is 5.93. The molecular formula is C33H34N4O. The zero-order valence-electron chi connectivity index (χ0n) is 22.0. The number of amides is 1. The summed E-state index contributed by atoms with van der Waals surface area (Å²) in [6.07, 6.45) is 1.22. The van der Waals surface area contributed by atoms with Gasteiger partial charge in [-0.3, -0.25) is 4.79 Å². The van der Waals surface area contributed by atoms with E-state index in [9.17, 15) is 4.79 Å². The number of aliphatic imine (C=N–C) groups is 1. The summed E-state index contributed by atoms with van der Waals surface area (Å²) in [4.78, 5) is 22.7. The van der Waals surface area contributed by atoms with E-state index in [1.165, 1.54) is 11.9 Å². The van der Waals surface area contributed by atoms with Crippen LogP contribution in [0.25, 0.3) is 5.70 Å². The molecule has 4 aromatic carbocycles. The number of rotatable bonds is 10. The van der Waals surface area contributed by atoms with E-state index < -0.39 is 5.54 Å². The van der Waals surface area contributed by atoms with Crippen LogP contribution >= 0.6 is 0 Å². The van der Waals surface area contributed by atoms with Crippen LogP contribution in [0, 0.1) is 0 Å². The number of carbonyl (C=O) groups is 1. The van der Waals surface area contributed by atoms with Crippen molar-refractivity contribution in [2.45, 2.75) is 18.6 Å². The first-order valence-electron chi connectivity index (χ1n) is 12.6. The monoisotopic (exact) mass is 502 g/mol. The first-order valence-corrected chi connectivity index (χ1v) is 12.6. The molecule has 0 saturated heterocycles. The molecule has 0 saturated carbocycles. The van der Waals surface area contributed by atoms with Crippen molar-refractivity contribution in [3.63, 3.8) is 0 Å². The van der Waals surface area contributed by atoms with Crippen LogP contribution in [0.4, 0.5) is 0 Å². The average Bonchev–Trinajstić information content (AvgIpc) is 2.96. The number of hydrogen-bond donors (Lipinski definition) is 1. The molecule has 0 aliphatic rings. The summed E-state index contributed by atoms with van der Waals surface area (Å²) < 4.78 is 0. The molecule has 2 N–H and O–H groups in total. The van der Waals surface area contributed by atoms with Crippen molar-refractivity contribution in [3.8, 4) is 0 Å². The Hall–Kier alpha value is -4.64. The molecule has 0 aliphatic carbocycles. The summed E-state index contributed by atoms with van der Waals surface area (Å²) in [7, 11) is 3.84. The van der Waals surface area contributed by atoms with E-state index in [1.54, 1.807) is 11.9 Å². The lowest BCUT2D eigenvalue weighted by atomic mass is 9.82. The van der Waals surface area contributed by atoms with Gasteiger partial charge in [-0.15, -0.1) is 0 Å². The third-order valence-electron chi connectivity index (χ3n) is 6.71. The first kappa shape index (κ1) is 26.4. The van der Waals surface area contributed by atoms with Gasteiger partial charge in [-0.2, -0.15) is 0 Å². The Labute approximate surface area is 225 Å². The summed E-state index contributed by atoms with van der Waals surface area (Å²) in [5.74, 6) is -0.165. The van der Waals surface area contributed by atoms with Crippen molar-refractivity contribution in [1.82, 2.24) is 9.80 Å². The molecule has 4 aromatic rings. The Bertz CT molecular complexity index is 1340. The number of benzene rings is 4. The number of nitrogens with two attached hydrogens (primary N) is 1. The Kier molecular flexibility index (Phi) is 8.39. The van der Waals surface area contributed by atoms with E-state index in [0.29, 0.717) is 6.54 Å². The normalized spacial score (nSPS) is 11.3. The van der Waals surface area contributed by atoms with E-state index in [-0.39, 0.29) is 5.91 Å². The molecule has 4 rings (SSSR count). The van der Waals surface area contributed by atoms with Crippen molar-refractivity contribution in [2.75, 3.05) is 14.1 Å². The second-order valence-corrected chi connectivity index (χ2v) is 9.37. The summed E-state index contributed by atoms with van der Waals surface area (Å²) in [5, 5.41) is 0. The van der Waals surface area contributed by atoms with Gasteiger partial charge in [-0.25, -0.2) is 4.99 Å². The maximum absolute atomic E-state index is 14.2. The Morgan fingerprint density at radius 3 is 1.82 bits per heavy atom. The third kappa shape index (κ3) is 5.68. The Morgan fingerprint density at radius 2 is 1.26 bits per heavy atom. The number of likely N-dealkylation sites (N-methyl/N-ethyl adjacent to an activating group) is 1. The van der Waals surface area contributed by atoms with Crippen LogP contribution < -0.4 is 5.73 Å². The van der Waals surface area contributed by atoms with Gasteiger partial charge >= 0.3 is 0 Å². The molecule has 0 fully saturated rings. The van der Waals surface area contributed by atoms with Crippen molar-refractivity contribution in [2.24, 2.45) is 10.7 Å². The van der Waals surface area contributed by atoms with Gasteiger partial charge in [0, 0.05) is 32.9 Å². The van der Waals surface area contributed by atoms with Crippen molar-refractivity contribution < 1.29 is 4.79 Å². The summed E-state index contributed by atoms with van der Waals surface area (Å²) in [6.45, 7) is 5.50. The highest BCUT2D eigenvalue weighted by Gasteiger charge is 2.43. The van der Waals surface area contributed by atoms with Crippen molar-refractivity contribution in [3.05, 3.63) is 150 Å². The fraction of sp³-hybridized carbons (Fsp3) is 0.152. The fourth-order valence-corrected chi connectivity index (χ4v) is 4.73. The smallest absolute Gasteiger partial charge is 0.259 e. The molecule has 0 radical (unpaired) electrons. The fourth-order valence-electron chi connectivity index (χ4n) is 4.73. The number of carbonyl (C=O) groups excluding carboxylic acids is 1. The zero-order valence-corrected chi connectivity index (χ0v) is 22.0. The number of hydrogen-bond acceptors (Lipinski definition) is 3. The minimum atomic E-state index is -1.29. The molecule has 0 heterocycles. The van der Waals surface area contributed by atoms with E-state index in [1.807, 2.05) is 104 Å². The van der Waals surface area contributed by atoms with Gasteiger partial charge in [0.15, 0.2) is 5.54 Å². The van der Waals surface area contributed by atoms with Crippen molar-refractivity contribution >= 4 is 17.9 Å². The van der Waals surface area contributed by atoms with Gasteiger partial charge in [0.05, 0.1) is 6.34 Å². The second-order valence-electron chi connectivity index (χ2n) is 9.37. The molecule has 5 heteroatoms. The quantitative estimate of drug-likeness (QED) is 0.224. The summed E-state index contributed by atoms with van der Waals surface area (Å²) in [6, 6.07) is 37.6. The van der Waals surface area contributed by atoms with E-state index in [2.05, 4.69) is 34.7 Å². The highest BCUT2D eigenvalue weighted by atomic mass is 16.2. The van der Waals surface area contributed by atoms with Crippen LogP contribution in [0.1, 0.15) is 27.8 Å². The maximum Gasteiger partial charge on any atom is 0.259 e. The molecule has 0 unspecified atom stereocenters. The van der Waals surface area contributed by atoms with Crippen LogP contribution in [0.5, 0.6) is 0 Å². The lowest BCUT2D eigenvalue weighted by Crippen LogP contribution is -2.45. The standard InChI is InChI=1S/C33H34N4O/c1-26(36(2)23-27-14-7-4-8-15-27)29-17-13-16-28(22-29)24-37(3)32(38)33(35-25-34,30-18-9-5-10-19-30)31-20-11-6-12-21-31/h4-22,25H,1,23-24H2,2-3H3,(H2,34,35). The molecule has 0 aliphatic heterocycles. The van der Waals surface area contributed by atoms with Gasteiger partial charge in [0.1, 0.15) is 0 Å². The first-order chi connectivity index (χ1) is 18.5. The number of nitrogens with zero attached hydrogens (tertiary/aromatic N) is 3. The lowest BCUT2D eigenvalue weighted by Gasteiger charge is -2.33. The topological polar surface area (TPSA) is 61.9 Å². The average molecular weight is 503 g/mol. The highest BCUT2D eigenvalue weighted by Crippen LogP contribution is 2.36. The third-order valence-corrected chi connectivity index (χ3v) is 6.71. The molecule has 0 spiro atoms. The molecule has 0 bridgehead atoms. The molecule has 38 heavy (non-hydrogen) atoms.